The van der Waals surface area contributed by atoms with Crippen molar-refractivity contribution >= 4 is 34.9 Å². The van der Waals surface area contributed by atoms with Gasteiger partial charge in [-0.2, -0.15) is 0 Å². The third kappa shape index (κ3) is 8.30. The van der Waals surface area contributed by atoms with Crippen LogP contribution in [0.25, 0.3) is 0 Å². The van der Waals surface area contributed by atoms with E-state index < -0.39 is 0 Å². The number of aryl methyl sites for hydroxylation is 2. The van der Waals surface area contributed by atoms with Crippen LogP contribution in [0.2, 0.25) is 0 Å². The summed E-state index contributed by atoms with van der Waals surface area (Å²) in [6, 6.07) is 7.52. The number of amides is 2. The van der Waals surface area contributed by atoms with Crippen molar-refractivity contribution in [3.8, 4) is 0 Å². The molecular formula is C24H33N3O2S2. The second-order valence-corrected chi connectivity index (χ2v) is 10.1. The second-order valence-electron chi connectivity index (χ2n) is 8.19. The number of nitrogens with zero attached hydrogens (tertiary/aromatic N) is 1. The number of aromatic nitrogens is 1. The number of hydrogen-bond donors (Lipinski definition) is 2. The van der Waals surface area contributed by atoms with Crippen LogP contribution in [0.15, 0.2) is 34.5 Å². The first-order chi connectivity index (χ1) is 15.1. The third-order valence-corrected chi connectivity index (χ3v) is 7.67. The molecule has 1 fully saturated rings. The van der Waals surface area contributed by atoms with Crippen LogP contribution in [0, 0.1) is 12.8 Å². The zero-order valence-corrected chi connectivity index (χ0v) is 20.0. The molecule has 1 aliphatic carbocycles. The molecule has 0 aliphatic heterocycles. The Balaban J connectivity index is 1.37. The van der Waals surface area contributed by atoms with E-state index in [1.165, 1.54) is 43.9 Å². The summed E-state index contributed by atoms with van der Waals surface area (Å²) in [5.41, 5.74) is 1.72. The van der Waals surface area contributed by atoms with Gasteiger partial charge in [0.15, 0.2) is 0 Å². The monoisotopic (exact) mass is 459 g/mol. The molecule has 2 aromatic rings. The number of carbonyl (C=O) groups excluding carboxylic acids is 2. The van der Waals surface area contributed by atoms with Crippen LogP contribution in [0.1, 0.15) is 66.0 Å². The molecule has 1 aromatic carbocycles. The lowest BCUT2D eigenvalue weighted by atomic mass is 9.89. The van der Waals surface area contributed by atoms with Crippen molar-refractivity contribution in [3.05, 3.63) is 45.9 Å². The number of unbranched alkanes of at least 4 members (excludes halogenated alkanes) is 1. The van der Waals surface area contributed by atoms with Gasteiger partial charge in [-0.15, -0.1) is 23.1 Å². The quantitative estimate of drug-likeness (QED) is 0.367. The second kappa shape index (κ2) is 12.9. The van der Waals surface area contributed by atoms with E-state index in [2.05, 4.69) is 21.0 Å². The molecule has 1 aromatic heterocycles. The van der Waals surface area contributed by atoms with Gasteiger partial charge >= 0.3 is 0 Å². The first-order valence-electron chi connectivity index (χ1n) is 11.3. The van der Waals surface area contributed by atoms with Gasteiger partial charge in [-0.1, -0.05) is 31.4 Å². The maximum atomic E-state index is 12.6. The zero-order valence-electron chi connectivity index (χ0n) is 18.3. The zero-order chi connectivity index (χ0) is 21.9. The molecule has 0 bridgehead atoms. The van der Waals surface area contributed by atoms with Gasteiger partial charge in [-0.3, -0.25) is 9.59 Å². The fourth-order valence-corrected chi connectivity index (χ4v) is 5.54. The Bertz CT molecular complexity index is 847. The van der Waals surface area contributed by atoms with Crippen molar-refractivity contribution in [1.29, 1.82) is 0 Å². The summed E-state index contributed by atoms with van der Waals surface area (Å²) in [6.45, 7) is 3.43. The SMILES string of the molecule is Cc1csc(CCCCNC(=O)c2ccccc2SCC(=O)NCC2CCCCC2)n1. The lowest BCUT2D eigenvalue weighted by molar-refractivity contribution is -0.118. The van der Waals surface area contributed by atoms with Crippen molar-refractivity contribution in [1.82, 2.24) is 15.6 Å². The van der Waals surface area contributed by atoms with Crippen LogP contribution in [-0.2, 0) is 11.2 Å². The van der Waals surface area contributed by atoms with Crippen LogP contribution < -0.4 is 10.6 Å². The molecular weight excluding hydrogens is 426 g/mol. The lowest BCUT2D eigenvalue weighted by Gasteiger charge is -2.21. The van der Waals surface area contributed by atoms with Gasteiger partial charge in [-0.05, 0) is 57.1 Å². The number of thiazole rings is 1. The van der Waals surface area contributed by atoms with E-state index in [-0.39, 0.29) is 11.8 Å². The van der Waals surface area contributed by atoms with Gasteiger partial charge in [0.05, 0.1) is 16.3 Å². The molecule has 31 heavy (non-hydrogen) atoms. The van der Waals surface area contributed by atoms with E-state index in [9.17, 15) is 9.59 Å². The van der Waals surface area contributed by atoms with E-state index in [0.717, 1.165) is 41.4 Å². The van der Waals surface area contributed by atoms with Crippen LogP contribution in [0.3, 0.4) is 0 Å². The molecule has 0 saturated heterocycles. The molecule has 0 unspecified atom stereocenters. The fraction of sp³-hybridized carbons (Fsp3) is 0.542. The Kier molecular flexibility index (Phi) is 9.87. The van der Waals surface area contributed by atoms with Gasteiger partial charge in [0, 0.05) is 29.1 Å². The van der Waals surface area contributed by atoms with Crippen LogP contribution >= 0.6 is 23.1 Å². The molecule has 3 rings (SSSR count). The molecule has 2 amide bonds. The van der Waals surface area contributed by atoms with E-state index in [1.54, 1.807) is 11.3 Å². The molecule has 5 nitrogen and oxygen atoms in total. The number of benzene rings is 1. The highest BCUT2D eigenvalue weighted by Crippen LogP contribution is 2.24. The molecule has 0 radical (unpaired) electrons. The third-order valence-electron chi connectivity index (χ3n) is 5.57. The Morgan fingerprint density at radius 2 is 1.94 bits per heavy atom. The normalized spacial score (nSPS) is 14.4. The average molecular weight is 460 g/mol. The molecule has 1 heterocycles. The Morgan fingerprint density at radius 3 is 2.71 bits per heavy atom. The highest BCUT2D eigenvalue weighted by atomic mass is 32.2. The first kappa shape index (κ1) is 23.8. The van der Waals surface area contributed by atoms with Crippen molar-refractivity contribution in [2.24, 2.45) is 5.92 Å². The number of thioether (sulfide) groups is 1. The highest BCUT2D eigenvalue weighted by molar-refractivity contribution is 8.00. The predicted octanol–water partition coefficient (Wildman–Crippen LogP) is 4.99. The molecule has 0 atom stereocenters. The minimum atomic E-state index is -0.0733. The Labute approximate surface area is 193 Å². The van der Waals surface area contributed by atoms with Crippen molar-refractivity contribution in [3.63, 3.8) is 0 Å². The summed E-state index contributed by atoms with van der Waals surface area (Å²) in [5.74, 6) is 0.934. The maximum absolute atomic E-state index is 12.6. The van der Waals surface area contributed by atoms with Gasteiger partial charge in [0.25, 0.3) is 5.91 Å². The molecule has 168 valence electrons. The molecule has 2 N–H and O–H groups in total. The number of rotatable bonds is 11. The predicted molar refractivity (Wildman–Crippen MR) is 129 cm³/mol. The fourth-order valence-electron chi connectivity index (χ4n) is 3.84. The lowest BCUT2D eigenvalue weighted by Crippen LogP contribution is -2.31. The van der Waals surface area contributed by atoms with E-state index in [1.807, 2.05) is 31.2 Å². The van der Waals surface area contributed by atoms with Gasteiger partial charge < -0.3 is 10.6 Å². The van der Waals surface area contributed by atoms with E-state index >= 15 is 0 Å². The van der Waals surface area contributed by atoms with Crippen molar-refractivity contribution in [2.75, 3.05) is 18.8 Å². The number of hydrogen-bond acceptors (Lipinski definition) is 5. The molecule has 7 heteroatoms. The summed E-state index contributed by atoms with van der Waals surface area (Å²) in [4.78, 5) is 30.2. The summed E-state index contributed by atoms with van der Waals surface area (Å²) < 4.78 is 0. The summed E-state index contributed by atoms with van der Waals surface area (Å²) in [6.07, 6.45) is 9.21. The summed E-state index contributed by atoms with van der Waals surface area (Å²) >= 11 is 3.13. The standard InChI is InChI=1S/C24H33N3O2S2/c1-18-16-31-23(27-18)13-7-8-14-25-24(29)20-11-5-6-12-21(20)30-17-22(28)26-15-19-9-3-2-4-10-19/h5-6,11-12,16,19H,2-4,7-10,13-15,17H2,1H3,(H,25,29)(H,26,28). The molecule has 1 aliphatic rings. The average Bonchev–Trinajstić information content (AvgIpc) is 3.21. The van der Waals surface area contributed by atoms with E-state index in [0.29, 0.717) is 23.8 Å². The highest BCUT2D eigenvalue weighted by Gasteiger charge is 2.15. The minimum Gasteiger partial charge on any atom is -0.355 e. The molecule has 0 spiro atoms. The Hall–Kier alpha value is -1.86. The Morgan fingerprint density at radius 1 is 1.13 bits per heavy atom. The van der Waals surface area contributed by atoms with Crippen LogP contribution in [0.5, 0.6) is 0 Å². The minimum absolute atomic E-state index is 0.0446. The summed E-state index contributed by atoms with van der Waals surface area (Å²) in [5, 5.41) is 9.32. The smallest absolute Gasteiger partial charge is 0.252 e. The van der Waals surface area contributed by atoms with Crippen molar-refractivity contribution < 1.29 is 9.59 Å². The van der Waals surface area contributed by atoms with Gasteiger partial charge in [-0.25, -0.2) is 4.98 Å². The van der Waals surface area contributed by atoms with Gasteiger partial charge in [0.1, 0.15) is 0 Å². The maximum Gasteiger partial charge on any atom is 0.252 e. The van der Waals surface area contributed by atoms with Gasteiger partial charge in [0.2, 0.25) is 5.91 Å². The molecule has 1 saturated carbocycles. The summed E-state index contributed by atoms with van der Waals surface area (Å²) in [7, 11) is 0. The number of carbonyl (C=O) groups is 2. The first-order valence-corrected chi connectivity index (χ1v) is 13.2. The van der Waals surface area contributed by atoms with Crippen LogP contribution in [-0.4, -0.2) is 35.6 Å². The topological polar surface area (TPSA) is 71.1 Å². The van der Waals surface area contributed by atoms with E-state index in [4.69, 9.17) is 0 Å². The number of nitrogens with one attached hydrogen (secondary N) is 2. The largest absolute Gasteiger partial charge is 0.355 e. The van der Waals surface area contributed by atoms with Crippen LogP contribution in [0.4, 0.5) is 0 Å². The van der Waals surface area contributed by atoms with Crippen molar-refractivity contribution in [2.45, 2.75) is 63.2 Å².